The van der Waals surface area contributed by atoms with E-state index in [1.807, 2.05) is 36.5 Å². The molecule has 0 radical (unpaired) electrons. The van der Waals surface area contributed by atoms with Crippen LogP contribution in [0.25, 0.3) is 10.9 Å². The first-order valence-corrected chi connectivity index (χ1v) is 16.8. The molecule has 1 unspecified atom stereocenters. The van der Waals surface area contributed by atoms with E-state index in [2.05, 4.69) is 31.1 Å². The smallest absolute Gasteiger partial charge is 0.239 e. The van der Waals surface area contributed by atoms with Crippen LogP contribution in [0.2, 0.25) is 5.02 Å². The second kappa shape index (κ2) is 13.8. The van der Waals surface area contributed by atoms with Gasteiger partial charge in [-0.05, 0) is 61.0 Å². The van der Waals surface area contributed by atoms with Crippen molar-refractivity contribution in [2.24, 2.45) is 0 Å². The molecular weight excluding hydrogens is 686 g/mol. The second-order valence-electron chi connectivity index (χ2n) is 11.3. The van der Waals surface area contributed by atoms with E-state index in [0.29, 0.717) is 36.1 Å². The van der Waals surface area contributed by atoms with Crippen LogP contribution in [0.1, 0.15) is 30.0 Å². The fourth-order valence-corrected chi connectivity index (χ4v) is 8.00. The maximum atomic E-state index is 14.5. The zero-order valence-electron chi connectivity index (χ0n) is 24.3. The first kappa shape index (κ1) is 32.0. The molecule has 2 N–H and O–H groups in total. The van der Waals surface area contributed by atoms with Crippen molar-refractivity contribution in [1.29, 1.82) is 0 Å². The Morgan fingerprint density at radius 2 is 1.87 bits per heavy atom. The molecule has 0 saturated carbocycles. The highest BCUT2D eigenvalue weighted by atomic mass is 79.9. The van der Waals surface area contributed by atoms with E-state index in [0.717, 1.165) is 70.0 Å². The van der Waals surface area contributed by atoms with Gasteiger partial charge >= 0.3 is 0 Å². The predicted molar refractivity (Wildman–Crippen MR) is 175 cm³/mol. The first-order chi connectivity index (χ1) is 21.7. The Balaban J connectivity index is 1.40. The number of halogens is 4. The summed E-state index contributed by atoms with van der Waals surface area (Å²) in [6.45, 7) is 4.51. The molecule has 0 aliphatic carbocycles. The van der Waals surface area contributed by atoms with E-state index in [4.69, 9.17) is 16.3 Å². The van der Waals surface area contributed by atoms with E-state index < -0.39 is 22.4 Å². The third-order valence-electron chi connectivity index (χ3n) is 8.34. The van der Waals surface area contributed by atoms with Crippen LogP contribution in [0.5, 0.6) is 0 Å². The van der Waals surface area contributed by atoms with Crippen molar-refractivity contribution < 1.29 is 23.1 Å². The number of ether oxygens (including phenoxy) is 1. The number of morpholine rings is 1. The molecule has 4 aromatic rings. The number of likely N-dealkylation sites (tertiary alicyclic amines) is 1. The molecular formula is C33H32BrClF2N4O3S. The number of H-pyrrole nitrogens is 1. The highest BCUT2D eigenvalue weighted by Crippen LogP contribution is 2.54. The Kier molecular flexibility index (Phi) is 9.82. The van der Waals surface area contributed by atoms with Gasteiger partial charge < -0.3 is 19.9 Å². The Morgan fingerprint density at radius 1 is 1.09 bits per heavy atom. The molecule has 2 fully saturated rings. The molecule has 12 heteroatoms. The van der Waals surface area contributed by atoms with Crippen LogP contribution in [0.3, 0.4) is 0 Å². The van der Waals surface area contributed by atoms with Gasteiger partial charge in [0.15, 0.2) is 11.6 Å². The Bertz CT molecular complexity index is 1700. The zero-order valence-corrected chi connectivity index (χ0v) is 27.5. The van der Waals surface area contributed by atoms with Crippen molar-refractivity contribution in [1.82, 2.24) is 20.1 Å². The number of carbonyl (C=O) groups excluding carboxylic acids is 2. The van der Waals surface area contributed by atoms with Crippen molar-refractivity contribution >= 4 is 62.0 Å². The van der Waals surface area contributed by atoms with Gasteiger partial charge in [0.25, 0.3) is 0 Å². The molecule has 0 spiro atoms. The van der Waals surface area contributed by atoms with E-state index in [-0.39, 0.29) is 24.8 Å². The molecule has 2 aliphatic heterocycles. The van der Waals surface area contributed by atoms with Gasteiger partial charge in [0.1, 0.15) is 4.75 Å². The van der Waals surface area contributed by atoms with Crippen LogP contribution in [-0.4, -0.2) is 70.7 Å². The molecule has 3 aromatic carbocycles. The molecule has 3 heterocycles. The maximum absolute atomic E-state index is 14.5. The summed E-state index contributed by atoms with van der Waals surface area (Å²) < 4.78 is 33.4. The molecule has 0 bridgehead atoms. The second-order valence-corrected chi connectivity index (χ2v) is 14.0. The van der Waals surface area contributed by atoms with Gasteiger partial charge in [0, 0.05) is 63.2 Å². The summed E-state index contributed by atoms with van der Waals surface area (Å²) in [7, 11) is 0. The van der Waals surface area contributed by atoms with Gasteiger partial charge in [0.05, 0.1) is 25.7 Å². The Morgan fingerprint density at radius 3 is 2.62 bits per heavy atom. The summed E-state index contributed by atoms with van der Waals surface area (Å²) in [5.41, 5.74) is 2.39. The number of thioether (sulfide) groups is 1. The third kappa shape index (κ3) is 6.92. The third-order valence-corrected chi connectivity index (χ3v) is 10.5. The van der Waals surface area contributed by atoms with Crippen LogP contribution in [0.15, 0.2) is 76.2 Å². The standard InChI is InChI=1S/C33H32BrClF2N4O3S/c34-22-4-2-21(3-5-22)20-41-30(42)18-33(45-24-7-9-27(36)28(37)17-24,32(43)38-10-1-11-40-12-14-44-15-13-40)31(41)26-19-39-29-16-23(35)6-8-25(26)29/h2-9,16-17,19,31,39H,1,10-15,18,20H2,(H,38,43)/t31-,33?/m0/s1. The minimum Gasteiger partial charge on any atom is -0.379 e. The molecule has 6 rings (SSSR count). The van der Waals surface area contributed by atoms with Crippen molar-refractivity contribution in [3.05, 3.63) is 99.1 Å². The van der Waals surface area contributed by atoms with Gasteiger partial charge in [0.2, 0.25) is 11.8 Å². The summed E-state index contributed by atoms with van der Waals surface area (Å²) in [6.07, 6.45) is 2.39. The minimum absolute atomic E-state index is 0.132. The number of carbonyl (C=O) groups is 2. The number of amides is 2. The number of rotatable bonds is 10. The summed E-state index contributed by atoms with van der Waals surface area (Å²) >= 11 is 10.9. The molecule has 7 nitrogen and oxygen atoms in total. The lowest BCUT2D eigenvalue weighted by molar-refractivity contribution is -0.129. The molecule has 2 atom stereocenters. The monoisotopic (exact) mass is 716 g/mol. The van der Waals surface area contributed by atoms with E-state index in [1.54, 1.807) is 17.0 Å². The summed E-state index contributed by atoms with van der Waals surface area (Å²) in [6, 6.07) is 15.9. The number of benzene rings is 3. The van der Waals surface area contributed by atoms with Gasteiger partial charge in [-0.15, -0.1) is 11.8 Å². The van der Waals surface area contributed by atoms with Crippen molar-refractivity contribution in [3.63, 3.8) is 0 Å². The number of fused-ring (bicyclic) bond motifs is 1. The van der Waals surface area contributed by atoms with E-state index in [9.17, 15) is 18.4 Å². The van der Waals surface area contributed by atoms with Crippen LogP contribution >= 0.6 is 39.3 Å². The van der Waals surface area contributed by atoms with Gasteiger partial charge in [-0.25, -0.2) is 8.78 Å². The number of aromatic nitrogens is 1. The predicted octanol–water partition coefficient (Wildman–Crippen LogP) is 6.71. The van der Waals surface area contributed by atoms with Crippen LogP contribution in [-0.2, 0) is 20.9 Å². The molecule has 2 saturated heterocycles. The topological polar surface area (TPSA) is 77.7 Å². The van der Waals surface area contributed by atoms with Crippen LogP contribution < -0.4 is 5.32 Å². The van der Waals surface area contributed by atoms with Crippen LogP contribution in [0.4, 0.5) is 8.78 Å². The molecule has 2 amide bonds. The SMILES string of the molecule is O=C1CC(Sc2ccc(F)c(F)c2)(C(=O)NCCCN2CCOCC2)[C@H](c2c[nH]c3cc(Cl)ccc23)N1Cc1ccc(Br)cc1. The highest BCUT2D eigenvalue weighted by molar-refractivity contribution is 9.10. The molecule has 1 aromatic heterocycles. The van der Waals surface area contributed by atoms with E-state index in [1.165, 1.54) is 6.07 Å². The largest absolute Gasteiger partial charge is 0.379 e. The number of nitrogens with one attached hydrogen (secondary N) is 2. The fourth-order valence-electron chi connectivity index (χ4n) is 6.12. The lowest BCUT2D eigenvalue weighted by Gasteiger charge is -2.36. The van der Waals surface area contributed by atoms with Gasteiger partial charge in [-0.3, -0.25) is 14.5 Å². The lowest BCUT2D eigenvalue weighted by Crippen LogP contribution is -2.48. The van der Waals surface area contributed by atoms with Crippen molar-refractivity contribution in [2.75, 3.05) is 39.4 Å². The zero-order chi connectivity index (χ0) is 31.6. The Labute approximate surface area is 277 Å². The van der Waals surface area contributed by atoms with E-state index >= 15 is 0 Å². The number of aromatic amines is 1. The quantitative estimate of drug-likeness (QED) is 0.179. The first-order valence-electron chi connectivity index (χ1n) is 14.8. The molecule has 236 valence electrons. The number of hydrogen-bond donors (Lipinski definition) is 2. The summed E-state index contributed by atoms with van der Waals surface area (Å²) in [5, 5.41) is 4.47. The number of nitrogens with zero attached hydrogens (tertiary/aromatic N) is 2. The summed E-state index contributed by atoms with van der Waals surface area (Å²) in [4.78, 5) is 36.2. The molecule has 2 aliphatic rings. The minimum atomic E-state index is -1.40. The van der Waals surface area contributed by atoms with Crippen LogP contribution in [0, 0.1) is 11.6 Å². The van der Waals surface area contributed by atoms with Crippen molar-refractivity contribution in [2.45, 2.75) is 35.1 Å². The number of hydrogen-bond acceptors (Lipinski definition) is 5. The van der Waals surface area contributed by atoms with Crippen molar-refractivity contribution in [3.8, 4) is 0 Å². The average molecular weight is 718 g/mol. The normalized spacial score (nSPS) is 20.7. The average Bonchev–Trinajstić information content (AvgIpc) is 3.56. The maximum Gasteiger partial charge on any atom is 0.239 e. The van der Waals surface area contributed by atoms with Gasteiger partial charge in [-0.1, -0.05) is 45.7 Å². The Hall–Kier alpha value is -2.96. The van der Waals surface area contributed by atoms with Gasteiger partial charge in [-0.2, -0.15) is 0 Å². The highest BCUT2D eigenvalue weighted by Gasteiger charge is 2.58. The fraction of sp³-hybridized carbons (Fsp3) is 0.333. The summed E-state index contributed by atoms with van der Waals surface area (Å²) in [5.74, 6) is -2.55. The lowest BCUT2D eigenvalue weighted by atomic mass is 9.91. The molecule has 45 heavy (non-hydrogen) atoms.